The number of rotatable bonds is 4. The van der Waals surface area contributed by atoms with Crippen LogP contribution in [0.5, 0.6) is 5.75 Å². The third-order valence-corrected chi connectivity index (χ3v) is 2.37. The van der Waals surface area contributed by atoms with Crippen LogP contribution in [0.4, 0.5) is 0 Å². The van der Waals surface area contributed by atoms with Gasteiger partial charge in [0.1, 0.15) is 5.75 Å². The van der Waals surface area contributed by atoms with Crippen LogP contribution < -0.4 is 10.5 Å². The zero-order valence-corrected chi connectivity index (χ0v) is 9.71. The first-order valence-electron chi connectivity index (χ1n) is 5.15. The number of ether oxygens (including phenoxy) is 1. The summed E-state index contributed by atoms with van der Waals surface area (Å²) < 4.78 is 5.70. The first-order valence-corrected chi connectivity index (χ1v) is 5.15. The molecule has 0 fully saturated rings. The smallest absolute Gasteiger partial charge is 0.192 e. The molecule has 0 saturated carbocycles. The van der Waals surface area contributed by atoms with Crippen molar-refractivity contribution in [2.75, 3.05) is 0 Å². The number of pyridine rings is 1. The van der Waals surface area contributed by atoms with Crippen molar-refractivity contribution in [2.24, 2.45) is 16.8 Å². The van der Waals surface area contributed by atoms with Crippen LogP contribution >= 0.6 is 0 Å². The maximum absolute atomic E-state index is 8.62. The van der Waals surface area contributed by atoms with Gasteiger partial charge in [-0.3, -0.25) is 0 Å². The maximum atomic E-state index is 8.62. The summed E-state index contributed by atoms with van der Waals surface area (Å²) in [6.07, 6.45) is 1.61. The van der Waals surface area contributed by atoms with Gasteiger partial charge in [-0.25, -0.2) is 4.98 Å². The number of hydrogen-bond donors (Lipinski definition) is 2. The molecule has 1 aromatic rings. The molecule has 0 radical (unpaired) electrons. The lowest BCUT2D eigenvalue weighted by molar-refractivity contribution is 0.169. The van der Waals surface area contributed by atoms with E-state index in [2.05, 4.69) is 24.0 Å². The van der Waals surface area contributed by atoms with Crippen LogP contribution in [0.15, 0.2) is 23.5 Å². The van der Waals surface area contributed by atoms with Crippen LogP contribution in [0.1, 0.15) is 26.5 Å². The summed E-state index contributed by atoms with van der Waals surface area (Å²) in [5.74, 6) is 0.853. The second-order valence-corrected chi connectivity index (χ2v) is 3.90. The van der Waals surface area contributed by atoms with E-state index in [1.165, 1.54) is 0 Å². The minimum atomic E-state index is -0.0495. The van der Waals surface area contributed by atoms with Crippen LogP contribution in [-0.2, 0) is 0 Å². The minimum absolute atomic E-state index is 0.0365. The lowest BCUT2D eigenvalue weighted by Crippen LogP contribution is -2.22. The monoisotopic (exact) mass is 223 g/mol. The van der Waals surface area contributed by atoms with E-state index < -0.39 is 0 Å². The number of oxime groups is 1. The number of amidine groups is 1. The highest BCUT2D eigenvalue weighted by Crippen LogP contribution is 2.19. The van der Waals surface area contributed by atoms with E-state index in [0.29, 0.717) is 17.4 Å². The largest absolute Gasteiger partial charge is 0.488 e. The van der Waals surface area contributed by atoms with E-state index in [1.54, 1.807) is 18.3 Å². The molecule has 88 valence electrons. The Morgan fingerprint density at radius 3 is 2.75 bits per heavy atom. The van der Waals surface area contributed by atoms with Crippen molar-refractivity contribution < 1.29 is 9.94 Å². The molecule has 0 aromatic carbocycles. The van der Waals surface area contributed by atoms with E-state index in [4.69, 9.17) is 15.7 Å². The van der Waals surface area contributed by atoms with Gasteiger partial charge in [-0.2, -0.15) is 0 Å². The van der Waals surface area contributed by atoms with Gasteiger partial charge in [-0.1, -0.05) is 19.0 Å². The number of hydrogen-bond acceptors (Lipinski definition) is 4. The molecular weight excluding hydrogens is 206 g/mol. The zero-order chi connectivity index (χ0) is 12.1. The highest BCUT2D eigenvalue weighted by Gasteiger charge is 2.14. The summed E-state index contributed by atoms with van der Waals surface area (Å²) in [5, 5.41) is 11.5. The quantitative estimate of drug-likeness (QED) is 0.351. The van der Waals surface area contributed by atoms with Crippen LogP contribution in [-0.4, -0.2) is 22.1 Å². The molecule has 5 heteroatoms. The van der Waals surface area contributed by atoms with E-state index >= 15 is 0 Å². The Bertz CT molecular complexity index is 377. The summed E-state index contributed by atoms with van der Waals surface area (Å²) >= 11 is 0. The summed E-state index contributed by atoms with van der Waals surface area (Å²) in [4.78, 5) is 4.02. The Balaban J connectivity index is 2.96. The summed E-state index contributed by atoms with van der Waals surface area (Å²) in [7, 11) is 0. The van der Waals surface area contributed by atoms with Gasteiger partial charge in [-0.05, 0) is 25.0 Å². The van der Waals surface area contributed by atoms with E-state index in [-0.39, 0.29) is 11.9 Å². The normalized spacial score (nSPS) is 13.9. The molecule has 0 amide bonds. The third kappa shape index (κ3) is 2.85. The Morgan fingerprint density at radius 1 is 1.50 bits per heavy atom. The van der Waals surface area contributed by atoms with Gasteiger partial charge in [0.15, 0.2) is 11.5 Å². The highest BCUT2D eigenvalue weighted by molar-refractivity contribution is 5.97. The van der Waals surface area contributed by atoms with Crippen molar-refractivity contribution in [1.82, 2.24) is 4.98 Å². The predicted octanol–water partition coefficient (Wildman–Crippen LogP) is 1.60. The molecule has 1 aromatic heterocycles. The van der Waals surface area contributed by atoms with Crippen LogP contribution in [0.2, 0.25) is 0 Å². The van der Waals surface area contributed by atoms with Crippen molar-refractivity contribution in [2.45, 2.75) is 26.9 Å². The molecule has 0 spiro atoms. The van der Waals surface area contributed by atoms with Crippen LogP contribution in [0, 0.1) is 5.92 Å². The molecule has 3 N–H and O–H groups in total. The molecule has 1 unspecified atom stereocenters. The fourth-order valence-corrected chi connectivity index (χ4v) is 1.06. The standard InChI is InChI=1S/C11H17N3O2/c1-7(2)8(3)16-9-5-4-6-13-10(9)11(12)14-15/h4-8,15H,1-3H3,(H2,12,14). The van der Waals surface area contributed by atoms with Crippen molar-refractivity contribution in [3.05, 3.63) is 24.0 Å². The molecule has 1 rings (SSSR count). The molecule has 16 heavy (non-hydrogen) atoms. The minimum Gasteiger partial charge on any atom is -0.488 e. The number of aromatic nitrogens is 1. The predicted molar refractivity (Wildman–Crippen MR) is 61.7 cm³/mol. The molecule has 1 atom stereocenters. The molecule has 0 aliphatic rings. The fraction of sp³-hybridized carbons (Fsp3) is 0.455. The SMILES string of the molecule is CC(C)C(C)Oc1cccnc1/C(N)=N/O. The Morgan fingerprint density at radius 2 is 2.19 bits per heavy atom. The lowest BCUT2D eigenvalue weighted by Gasteiger charge is -2.19. The van der Waals surface area contributed by atoms with Gasteiger partial charge in [0.2, 0.25) is 0 Å². The Hall–Kier alpha value is -1.78. The molecule has 0 aliphatic heterocycles. The third-order valence-electron chi connectivity index (χ3n) is 2.37. The first kappa shape index (κ1) is 12.3. The Kier molecular flexibility index (Phi) is 4.10. The van der Waals surface area contributed by atoms with Gasteiger partial charge in [-0.15, -0.1) is 0 Å². The maximum Gasteiger partial charge on any atom is 0.192 e. The highest BCUT2D eigenvalue weighted by atomic mass is 16.5. The zero-order valence-electron chi connectivity index (χ0n) is 9.71. The van der Waals surface area contributed by atoms with Crippen molar-refractivity contribution in [1.29, 1.82) is 0 Å². The van der Waals surface area contributed by atoms with Gasteiger partial charge in [0, 0.05) is 6.20 Å². The summed E-state index contributed by atoms with van der Waals surface area (Å²) in [6, 6.07) is 3.50. The molecule has 0 bridgehead atoms. The molecule has 0 aliphatic carbocycles. The van der Waals surface area contributed by atoms with Crippen molar-refractivity contribution >= 4 is 5.84 Å². The fourth-order valence-electron chi connectivity index (χ4n) is 1.06. The first-order chi connectivity index (χ1) is 7.56. The second-order valence-electron chi connectivity index (χ2n) is 3.90. The molecule has 0 saturated heterocycles. The summed E-state index contributed by atoms with van der Waals surface area (Å²) in [6.45, 7) is 6.09. The molecule has 5 nitrogen and oxygen atoms in total. The topological polar surface area (TPSA) is 80.7 Å². The van der Waals surface area contributed by atoms with E-state index in [0.717, 1.165) is 0 Å². The summed E-state index contributed by atoms with van der Waals surface area (Å²) in [5.41, 5.74) is 5.86. The van der Waals surface area contributed by atoms with Gasteiger partial charge < -0.3 is 15.7 Å². The molecule has 1 heterocycles. The number of nitrogens with two attached hydrogens (primary N) is 1. The second kappa shape index (κ2) is 5.34. The number of nitrogens with zero attached hydrogens (tertiary/aromatic N) is 2. The average Bonchev–Trinajstić information content (AvgIpc) is 2.28. The van der Waals surface area contributed by atoms with Gasteiger partial charge in [0.05, 0.1) is 6.10 Å². The average molecular weight is 223 g/mol. The van der Waals surface area contributed by atoms with Gasteiger partial charge in [0.25, 0.3) is 0 Å². The van der Waals surface area contributed by atoms with E-state index in [9.17, 15) is 0 Å². The van der Waals surface area contributed by atoms with Crippen molar-refractivity contribution in [3.63, 3.8) is 0 Å². The van der Waals surface area contributed by atoms with Crippen molar-refractivity contribution in [3.8, 4) is 5.75 Å². The molecular formula is C11H17N3O2. The van der Waals surface area contributed by atoms with E-state index in [1.807, 2.05) is 6.92 Å². The van der Waals surface area contributed by atoms with Crippen LogP contribution in [0.25, 0.3) is 0 Å². The Labute approximate surface area is 94.9 Å². The van der Waals surface area contributed by atoms with Gasteiger partial charge >= 0.3 is 0 Å². The lowest BCUT2D eigenvalue weighted by atomic mass is 10.1. The van der Waals surface area contributed by atoms with Crippen LogP contribution in [0.3, 0.4) is 0 Å².